The van der Waals surface area contributed by atoms with E-state index in [1.165, 1.54) is 5.56 Å². The minimum Gasteiger partial charge on any atom is -0.356 e. The first-order chi connectivity index (χ1) is 13.8. The molecule has 6 heteroatoms. The second kappa shape index (κ2) is 8.99. The Morgan fingerprint density at radius 1 is 0.964 bits per heavy atom. The molecule has 0 radical (unpaired) electrons. The number of piperazine rings is 1. The van der Waals surface area contributed by atoms with E-state index in [0.717, 1.165) is 50.2 Å². The minimum atomic E-state index is -0.0123. The summed E-state index contributed by atoms with van der Waals surface area (Å²) in [5.41, 5.74) is 2.78. The van der Waals surface area contributed by atoms with E-state index in [2.05, 4.69) is 50.6 Å². The molecule has 1 aliphatic heterocycles. The van der Waals surface area contributed by atoms with Crippen molar-refractivity contribution >= 4 is 16.9 Å². The summed E-state index contributed by atoms with van der Waals surface area (Å²) >= 11 is 0. The summed E-state index contributed by atoms with van der Waals surface area (Å²) in [7, 11) is 0. The number of rotatable bonds is 7. The summed E-state index contributed by atoms with van der Waals surface area (Å²) in [6.45, 7) is 6.75. The zero-order valence-electron chi connectivity index (χ0n) is 16.0. The van der Waals surface area contributed by atoms with Gasteiger partial charge in [-0.25, -0.2) is 0 Å². The number of carbonyl (C=O) groups is 1. The van der Waals surface area contributed by atoms with Crippen LogP contribution in [-0.4, -0.2) is 60.1 Å². The predicted octanol–water partition coefficient (Wildman–Crippen LogP) is 2.30. The number of aromatic nitrogens is 1. The molecule has 1 aliphatic rings. The van der Waals surface area contributed by atoms with Crippen LogP contribution in [0, 0.1) is 0 Å². The SMILES string of the molecule is O=C(Cc1noc2ccccc12)NCCN1CCN(Cc2ccccc2)CC1. The van der Waals surface area contributed by atoms with Crippen LogP contribution in [0.1, 0.15) is 11.3 Å². The Hall–Kier alpha value is -2.70. The van der Waals surface area contributed by atoms with Crippen molar-refractivity contribution in [1.82, 2.24) is 20.3 Å². The number of nitrogens with zero attached hydrogens (tertiary/aromatic N) is 3. The molecule has 2 heterocycles. The molecule has 6 nitrogen and oxygen atoms in total. The van der Waals surface area contributed by atoms with Gasteiger partial charge in [0.05, 0.1) is 6.42 Å². The van der Waals surface area contributed by atoms with Gasteiger partial charge in [-0.1, -0.05) is 47.6 Å². The number of amides is 1. The van der Waals surface area contributed by atoms with Crippen molar-refractivity contribution in [2.45, 2.75) is 13.0 Å². The van der Waals surface area contributed by atoms with Gasteiger partial charge < -0.3 is 9.84 Å². The summed E-state index contributed by atoms with van der Waals surface area (Å²) < 4.78 is 5.26. The van der Waals surface area contributed by atoms with Crippen LogP contribution in [0.25, 0.3) is 11.0 Å². The highest BCUT2D eigenvalue weighted by Crippen LogP contribution is 2.17. The molecule has 0 bridgehead atoms. The number of hydrogen-bond donors (Lipinski definition) is 1. The van der Waals surface area contributed by atoms with E-state index in [9.17, 15) is 4.79 Å². The third kappa shape index (κ3) is 4.77. The number of nitrogens with one attached hydrogen (secondary N) is 1. The third-order valence-electron chi connectivity index (χ3n) is 5.24. The highest BCUT2D eigenvalue weighted by atomic mass is 16.5. The van der Waals surface area contributed by atoms with Gasteiger partial charge in [0.15, 0.2) is 5.58 Å². The first-order valence-corrected chi connectivity index (χ1v) is 9.86. The highest BCUT2D eigenvalue weighted by molar-refractivity contribution is 5.86. The maximum absolute atomic E-state index is 12.2. The molecule has 0 unspecified atom stereocenters. The Morgan fingerprint density at radius 3 is 2.50 bits per heavy atom. The van der Waals surface area contributed by atoms with E-state index in [1.54, 1.807) is 0 Å². The molecule has 1 saturated heterocycles. The van der Waals surface area contributed by atoms with Crippen LogP contribution >= 0.6 is 0 Å². The smallest absolute Gasteiger partial charge is 0.226 e. The van der Waals surface area contributed by atoms with Crippen molar-refractivity contribution in [2.75, 3.05) is 39.3 Å². The molecule has 0 spiro atoms. The average Bonchev–Trinajstić information content (AvgIpc) is 3.13. The van der Waals surface area contributed by atoms with Gasteiger partial charge in [-0.05, 0) is 17.7 Å². The largest absolute Gasteiger partial charge is 0.356 e. The van der Waals surface area contributed by atoms with E-state index in [1.807, 2.05) is 24.3 Å². The first kappa shape index (κ1) is 18.7. The molecule has 1 N–H and O–H groups in total. The molecule has 0 saturated carbocycles. The molecular formula is C22H26N4O2. The maximum Gasteiger partial charge on any atom is 0.226 e. The summed E-state index contributed by atoms with van der Waals surface area (Å²) in [5.74, 6) is -0.0123. The zero-order valence-corrected chi connectivity index (χ0v) is 16.0. The fourth-order valence-electron chi connectivity index (χ4n) is 3.65. The van der Waals surface area contributed by atoms with Gasteiger partial charge >= 0.3 is 0 Å². The van der Waals surface area contributed by atoms with Crippen molar-refractivity contribution in [3.8, 4) is 0 Å². The van der Waals surface area contributed by atoms with Crippen LogP contribution in [0.2, 0.25) is 0 Å². The van der Waals surface area contributed by atoms with Crippen LogP contribution in [0.4, 0.5) is 0 Å². The van der Waals surface area contributed by atoms with E-state index in [-0.39, 0.29) is 12.3 Å². The molecule has 2 aromatic carbocycles. The van der Waals surface area contributed by atoms with Gasteiger partial charge in [-0.15, -0.1) is 0 Å². The molecule has 146 valence electrons. The van der Waals surface area contributed by atoms with Gasteiger partial charge in [-0.2, -0.15) is 0 Å². The molecule has 4 rings (SSSR count). The minimum absolute atomic E-state index is 0.0123. The van der Waals surface area contributed by atoms with E-state index < -0.39 is 0 Å². The van der Waals surface area contributed by atoms with E-state index in [4.69, 9.17) is 4.52 Å². The molecule has 1 fully saturated rings. The van der Waals surface area contributed by atoms with Crippen LogP contribution in [0.5, 0.6) is 0 Å². The van der Waals surface area contributed by atoms with Crippen molar-refractivity contribution < 1.29 is 9.32 Å². The monoisotopic (exact) mass is 378 g/mol. The second-order valence-corrected chi connectivity index (χ2v) is 7.26. The van der Waals surface area contributed by atoms with Gasteiger partial charge in [0.1, 0.15) is 5.69 Å². The summed E-state index contributed by atoms with van der Waals surface area (Å²) in [4.78, 5) is 17.1. The Kier molecular flexibility index (Phi) is 5.99. The lowest BCUT2D eigenvalue weighted by molar-refractivity contribution is -0.120. The average molecular weight is 378 g/mol. The van der Waals surface area contributed by atoms with Gasteiger partial charge in [0.2, 0.25) is 5.91 Å². The van der Waals surface area contributed by atoms with E-state index >= 15 is 0 Å². The molecule has 1 aromatic heterocycles. The van der Waals surface area contributed by atoms with E-state index in [0.29, 0.717) is 12.2 Å². The number of fused-ring (bicyclic) bond motifs is 1. The summed E-state index contributed by atoms with van der Waals surface area (Å²) in [5, 5.41) is 7.94. The topological polar surface area (TPSA) is 61.6 Å². The molecular weight excluding hydrogens is 352 g/mol. The quantitative estimate of drug-likeness (QED) is 0.684. The lowest BCUT2D eigenvalue weighted by Crippen LogP contribution is -2.48. The third-order valence-corrected chi connectivity index (χ3v) is 5.24. The Bertz CT molecular complexity index is 901. The Balaban J connectivity index is 1.16. The Morgan fingerprint density at radius 2 is 1.68 bits per heavy atom. The summed E-state index contributed by atoms with van der Waals surface area (Å²) in [6.07, 6.45) is 0.252. The van der Waals surface area contributed by atoms with Crippen LogP contribution < -0.4 is 5.32 Å². The Labute approximate surface area is 165 Å². The zero-order chi connectivity index (χ0) is 19.2. The van der Waals surface area contributed by atoms with Gasteiger partial charge in [-0.3, -0.25) is 14.6 Å². The standard InChI is InChI=1S/C22H26N4O2/c27-22(16-20-19-8-4-5-9-21(19)28-24-20)23-10-11-25-12-14-26(15-13-25)17-18-6-2-1-3-7-18/h1-9H,10-17H2,(H,23,27). The highest BCUT2D eigenvalue weighted by Gasteiger charge is 2.17. The van der Waals surface area contributed by atoms with Gasteiger partial charge in [0.25, 0.3) is 0 Å². The normalized spacial score (nSPS) is 15.7. The number of carbonyl (C=O) groups excluding carboxylic acids is 1. The first-order valence-electron chi connectivity index (χ1n) is 9.86. The molecule has 0 aliphatic carbocycles. The lowest BCUT2D eigenvalue weighted by Gasteiger charge is -2.34. The van der Waals surface area contributed by atoms with Gasteiger partial charge in [0, 0.05) is 51.2 Å². The van der Waals surface area contributed by atoms with Crippen LogP contribution in [0.3, 0.4) is 0 Å². The van der Waals surface area contributed by atoms with Crippen molar-refractivity contribution in [3.05, 3.63) is 65.9 Å². The van der Waals surface area contributed by atoms with Crippen LogP contribution in [0.15, 0.2) is 59.1 Å². The fourth-order valence-corrected chi connectivity index (χ4v) is 3.65. The van der Waals surface area contributed by atoms with Crippen molar-refractivity contribution in [2.24, 2.45) is 0 Å². The number of benzene rings is 2. The fraction of sp³-hybridized carbons (Fsp3) is 0.364. The lowest BCUT2D eigenvalue weighted by atomic mass is 10.1. The van der Waals surface area contributed by atoms with Crippen molar-refractivity contribution in [1.29, 1.82) is 0 Å². The van der Waals surface area contributed by atoms with Crippen LogP contribution in [-0.2, 0) is 17.8 Å². The number of hydrogen-bond acceptors (Lipinski definition) is 5. The molecule has 1 amide bonds. The summed E-state index contributed by atoms with van der Waals surface area (Å²) in [6, 6.07) is 18.2. The molecule has 28 heavy (non-hydrogen) atoms. The molecule has 3 aromatic rings. The van der Waals surface area contributed by atoms with Crippen molar-refractivity contribution in [3.63, 3.8) is 0 Å². The maximum atomic E-state index is 12.2. The number of para-hydroxylation sites is 1. The second-order valence-electron chi connectivity index (χ2n) is 7.26. The predicted molar refractivity (Wildman–Crippen MR) is 109 cm³/mol. The molecule has 0 atom stereocenters.